The van der Waals surface area contributed by atoms with Crippen LogP contribution < -0.4 is 5.43 Å². The third-order valence-corrected chi connectivity index (χ3v) is 2.57. The van der Waals surface area contributed by atoms with E-state index in [-0.39, 0.29) is 5.91 Å². The summed E-state index contributed by atoms with van der Waals surface area (Å²) < 4.78 is 0. The molecule has 0 aliphatic rings. The van der Waals surface area contributed by atoms with E-state index >= 15 is 0 Å². The number of nitrogens with zero attached hydrogens (tertiary/aromatic N) is 2. The van der Waals surface area contributed by atoms with Crippen molar-refractivity contribution in [2.24, 2.45) is 5.10 Å². The Morgan fingerprint density at radius 3 is 2.55 bits per heavy atom. The first kappa shape index (κ1) is 13.7. The van der Waals surface area contributed by atoms with Crippen molar-refractivity contribution in [3.8, 4) is 0 Å². The average molecular weight is 265 g/mol. The molecule has 0 aliphatic carbocycles. The molecule has 1 N–H and O–H groups in total. The van der Waals surface area contributed by atoms with Crippen LogP contribution in [0.15, 0.2) is 65.5 Å². The van der Waals surface area contributed by atoms with Gasteiger partial charge in [-0.15, -0.1) is 0 Å². The Bertz CT molecular complexity index is 619. The van der Waals surface area contributed by atoms with Crippen molar-refractivity contribution >= 4 is 18.2 Å². The second-order valence-corrected chi connectivity index (χ2v) is 4.23. The number of rotatable bonds is 4. The molecular formula is C16H15N3O. The van der Waals surface area contributed by atoms with E-state index in [0.717, 1.165) is 11.1 Å². The Hall–Kier alpha value is -2.75. The number of amides is 1. The summed E-state index contributed by atoms with van der Waals surface area (Å²) in [6.07, 6.45) is 6.74. The summed E-state index contributed by atoms with van der Waals surface area (Å²) in [6.45, 7) is 1.93. The van der Waals surface area contributed by atoms with Crippen molar-refractivity contribution in [1.29, 1.82) is 0 Å². The van der Waals surface area contributed by atoms with Crippen LogP contribution in [0.25, 0.3) is 6.08 Å². The van der Waals surface area contributed by atoms with Gasteiger partial charge in [-0.05, 0) is 30.2 Å². The number of hydrogen-bond acceptors (Lipinski definition) is 3. The molecule has 20 heavy (non-hydrogen) atoms. The van der Waals surface area contributed by atoms with Crippen LogP contribution in [0.2, 0.25) is 0 Å². The van der Waals surface area contributed by atoms with Crippen LogP contribution in [0.3, 0.4) is 0 Å². The Balaban J connectivity index is 1.94. The minimum atomic E-state index is -0.254. The maximum atomic E-state index is 11.7. The average Bonchev–Trinajstić information content (AvgIpc) is 2.49. The fraction of sp³-hybridized carbons (Fsp3) is 0.0625. The largest absolute Gasteiger partial charge is 0.271 e. The molecule has 1 aromatic carbocycles. The number of hydrogen-bond donors (Lipinski definition) is 1. The van der Waals surface area contributed by atoms with Gasteiger partial charge in [0.25, 0.3) is 5.91 Å². The maximum Gasteiger partial charge on any atom is 0.271 e. The Morgan fingerprint density at radius 1 is 1.15 bits per heavy atom. The molecule has 0 radical (unpaired) electrons. The lowest BCUT2D eigenvalue weighted by Crippen LogP contribution is -2.17. The normalized spacial score (nSPS) is 11.6. The van der Waals surface area contributed by atoms with E-state index in [9.17, 15) is 4.79 Å². The maximum absolute atomic E-state index is 11.7. The fourth-order valence-corrected chi connectivity index (χ4v) is 1.61. The summed E-state index contributed by atoms with van der Waals surface area (Å²) in [5.41, 5.74) is 5.05. The molecule has 1 amide bonds. The first-order valence-corrected chi connectivity index (χ1v) is 6.22. The van der Waals surface area contributed by atoms with E-state index in [0.29, 0.717) is 5.56 Å². The van der Waals surface area contributed by atoms with E-state index in [1.54, 1.807) is 30.7 Å². The number of pyridine rings is 1. The van der Waals surface area contributed by atoms with E-state index in [1.165, 1.54) is 0 Å². The van der Waals surface area contributed by atoms with Gasteiger partial charge in [-0.3, -0.25) is 9.78 Å². The number of nitrogens with one attached hydrogen (secondary N) is 1. The highest BCUT2D eigenvalue weighted by atomic mass is 16.2. The molecular weight excluding hydrogens is 250 g/mol. The number of hydrazone groups is 1. The van der Waals surface area contributed by atoms with Gasteiger partial charge in [0.15, 0.2) is 0 Å². The summed E-state index contributed by atoms with van der Waals surface area (Å²) in [5.74, 6) is -0.254. The predicted molar refractivity (Wildman–Crippen MR) is 80.3 cm³/mol. The SMILES string of the molecule is CC(/C=N/NC(=O)c1ccncc1)=C\c1ccccc1. The molecule has 0 saturated carbocycles. The van der Waals surface area contributed by atoms with E-state index in [1.807, 2.05) is 43.3 Å². The zero-order chi connectivity index (χ0) is 14.2. The van der Waals surface area contributed by atoms with E-state index < -0.39 is 0 Å². The van der Waals surface area contributed by atoms with Crippen molar-refractivity contribution in [3.05, 3.63) is 71.6 Å². The smallest absolute Gasteiger partial charge is 0.267 e. The summed E-state index contributed by atoms with van der Waals surface area (Å²) in [4.78, 5) is 15.6. The third kappa shape index (κ3) is 4.17. The quantitative estimate of drug-likeness (QED) is 0.682. The first-order valence-electron chi connectivity index (χ1n) is 6.22. The molecule has 0 atom stereocenters. The lowest BCUT2D eigenvalue weighted by atomic mass is 10.1. The van der Waals surface area contributed by atoms with Crippen molar-refractivity contribution in [2.75, 3.05) is 0 Å². The third-order valence-electron chi connectivity index (χ3n) is 2.57. The second kappa shape index (κ2) is 6.99. The van der Waals surface area contributed by atoms with Crippen LogP contribution >= 0.6 is 0 Å². The summed E-state index contributed by atoms with van der Waals surface area (Å²) in [7, 11) is 0. The molecule has 1 aromatic heterocycles. The zero-order valence-corrected chi connectivity index (χ0v) is 11.2. The van der Waals surface area contributed by atoms with Crippen molar-refractivity contribution in [2.45, 2.75) is 6.92 Å². The summed E-state index contributed by atoms with van der Waals surface area (Å²) >= 11 is 0. The van der Waals surface area contributed by atoms with Gasteiger partial charge in [0.2, 0.25) is 0 Å². The number of carbonyl (C=O) groups excluding carboxylic acids is 1. The molecule has 1 heterocycles. The summed E-state index contributed by atoms with van der Waals surface area (Å²) in [6, 6.07) is 13.2. The van der Waals surface area contributed by atoms with E-state index in [2.05, 4.69) is 15.5 Å². The molecule has 0 bridgehead atoms. The van der Waals surface area contributed by atoms with Crippen molar-refractivity contribution < 1.29 is 4.79 Å². The molecule has 4 heteroatoms. The minimum Gasteiger partial charge on any atom is -0.267 e. The van der Waals surface area contributed by atoms with Crippen LogP contribution in [-0.4, -0.2) is 17.1 Å². The van der Waals surface area contributed by atoms with Gasteiger partial charge in [-0.1, -0.05) is 36.4 Å². The zero-order valence-electron chi connectivity index (χ0n) is 11.2. The van der Waals surface area contributed by atoms with Crippen molar-refractivity contribution in [3.63, 3.8) is 0 Å². The molecule has 0 fully saturated rings. The number of aromatic nitrogens is 1. The van der Waals surface area contributed by atoms with Gasteiger partial charge in [0.1, 0.15) is 0 Å². The molecule has 0 spiro atoms. The standard InChI is InChI=1S/C16H15N3O/c1-13(11-14-5-3-2-4-6-14)12-18-19-16(20)15-7-9-17-10-8-15/h2-12H,1H3,(H,19,20)/b13-11+,18-12+. The number of carbonyl (C=O) groups is 1. The number of allylic oxidation sites excluding steroid dienone is 1. The molecule has 2 aromatic rings. The van der Waals surface area contributed by atoms with Crippen LogP contribution in [0.5, 0.6) is 0 Å². The lowest BCUT2D eigenvalue weighted by Gasteiger charge is -1.98. The Kier molecular flexibility index (Phi) is 4.78. The van der Waals surface area contributed by atoms with Gasteiger partial charge < -0.3 is 0 Å². The predicted octanol–water partition coefficient (Wildman–Crippen LogP) is 2.90. The second-order valence-electron chi connectivity index (χ2n) is 4.23. The Labute approximate surface area is 117 Å². The monoisotopic (exact) mass is 265 g/mol. The Morgan fingerprint density at radius 2 is 1.85 bits per heavy atom. The molecule has 0 aliphatic heterocycles. The first-order chi connectivity index (χ1) is 9.75. The van der Waals surface area contributed by atoms with Gasteiger partial charge in [-0.25, -0.2) is 5.43 Å². The van der Waals surface area contributed by atoms with Gasteiger partial charge in [-0.2, -0.15) is 5.10 Å². The van der Waals surface area contributed by atoms with Crippen LogP contribution in [0, 0.1) is 0 Å². The topological polar surface area (TPSA) is 54.4 Å². The molecule has 4 nitrogen and oxygen atoms in total. The number of benzene rings is 1. The lowest BCUT2D eigenvalue weighted by molar-refractivity contribution is 0.0955. The van der Waals surface area contributed by atoms with Crippen LogP contribution in [-0.2, 0) is 0 Å². The molecule has 0 saturated heterocycles. The highest BCUT2D eigenvalue weighted by molar-refractivity contribution is 5.95. The van der Waals surface area contributed by atoms with Gasteiger partial charge in [0.05, 0.1) is 6.21 Å². The van der Waals surface area contributed by atoms with E-state index in [4.69, 9.17) is 0 Å². The van der Waals surface area contributed by atoms with Crippen LogP contribution in [0.4, 0.5) is 0 Å². The van der Waals surface area contributed by atoms with Gasteiger partial charge >= 0.3 is 0 Å². The van der Waals surface area contributed by atoms with Gasteiger partial charge in [0, 0.05) is 18.0 Å². The van der Waals surface area contributed by atoms with Crippen molar-refractivity contribution in [1.82, 2.24) is 10.4 Å². The summed E-state index contributed by atoms with van der Waals surface area (Å²) in [5, 5.41) is 3.93. The fourth-order valence-electron chi connectivity index (χ4n) is 1.61. The minimum absolute atomic E-state index is 0.254. The molecule has 100 valence electrons. The molecule has 0 unspecified atom stereocenters. The highest BCUT2D eigenvalue weighted by Gasteiger charge is 2.01. The van der Waals surface area contributed by atoms with Crippen LogP contribution in [0.1, 0.15) is 22.8 Å². The molecule has 2 rings (SSSR count). The highest BCUT2D eigenvalue weighted by Crippen LogP contribution is 2.04.